The van der Waals surface area contributed by atoms with Crippen LogP contribution < -0.4 is 5.32 Å². The predicted octanol–water partition coefficient (Wildman–Crippen LogP) is 5.56. The summed E-state index contributed by atoms with van der Waals surface area (Å²) >= 11 is 9.85. The monoisotopic (exact) mass is 369 g/mol. The first kappa shape index (κ1) is 16.5. The standard InChI is InChI=1S/C17H18BrClFN/c1-4-21-17(14-9-13(20)5-6-15(14)19)12-7-10(2)16(18)11(3)8-12/h5-9,17,21H,4H2,1-3H3. The van der Waals surface area contributed by atoms with Gasteiger partial charge in [0.25, 0.3) is 0 Å². The number of hydrogen-bond donors (Lipinski definition) is 1. The molecule has 0 radical (unpaired) electrons. The highest BCUT2D eigenvalue weighted by molar-refractivity contribution is 9.10. The van der Waals surface area contributed by atoms with Gasteiger partial charge in [0.1, 0.15) is 5.82 Å². The van der Waals surface area contributed by atoms with Crippen molar-refractivity contribution >= 4 is 27.5 Å². The van der Waals surface area contributed by atoms with E-state index in [9.17, 15) is 4.39 Å². The highest BCUT2D eigenvalue weighted by Crippen LogP contribution is 2.32. The van der Waals surface area contributed by atoms with Crippen molar-refractivity contribution in [3.63, 3.8) is 0 Å². The number of nitrogens with one attached hydrogen (secondary N) is 1. The SMILES string of the molecule is CCNC(c1cc(C)c(Br)c(C)c1)c1cc(F)ccc1Cl. The van der Waals surface area contributed by atoms with Crippen LogP contribution in [-0.2, 0) is 0 Å². The third-order valence-electron chi connectivity index (χ3n) is 3.47. The Morgan fingerprint density at radius 3 is 2.38 bits per heavy atom. The molecule has 0 heterocycles. The Balaban J connectivity index is 2.56. The molecule has 0 aliphatic carbocycles. The number of aryl methyl sites for hydroxylation is 2. The second kappa shape index (κ2) is 6.91. The third-order valence-corrected chi connectivity index (χ3v) is 5.06. The van der Waals surface area contributed by atoms with E-state index in [0.29, 0.717) is 5.02 Å². The lowest BCUT2D eigenvalue weighted by Gasteiger charge is -2.22. The van der Waals surface area contributed by atoms with Gasteiger partial charge in [0, 0.05) is 9.50 Å². The lowest BCUT2D eigenvalue weighted by Crippen LogP contribution is -2.22. The van der Waals surface area contributed by atoms with Crippen LogP contribution in [0.5, 0.6) is 0 Å². The topological polar surface area (TPSA) is 12.0 Å². The van der Waals surface area contributed by atoms with Crippen molar-refractivity contribution in [1.82, 2.24) is 5.32 Å². The Labute approximate surface area is 138 Å². The largest absolute Gasteiger partial charge is 0.306 e. The molecule has 0 bridgehead atoms. The van der Waals surface area contributed by atoms with E-state index in [-0.39, 0.29) is 11.9 Å². The predicted molar refractivity (Wildman–Crippen MR) is 90.5 cm³/mol. The van der Waals surface area contributed by atoms with Crippen LogP contribution in [0.25, 0.3) is 0 Å². The molecule has 0 spiro atoms. The van der Waals surface area contributed by atoms with Crippen molar-refractivity contribution in [2.75, 3.05) is 6.54 Å². The molecule has 1 atom stereocenters. The van der Waals surface area contributed by atoms with E-state index in [0.717, 1.165) is 33.3 Å². The molecule has 2 rings (SSSR count). The highest BCUT2D eigenvalue weighted by Gasteiger charge is 2.18. The van der Waals surface area contributed by atoms with Gasteiger partial charge >= 0.3 is 0 Å². The van der Waals surface area contributed by atoms with Crippen LogP contribution in [0.3, 0.4) is 0 Å². The molecule has 0 aromatic heterocycles. The smallest absolute Gasteiger partial charge is 0.123 e. The zero-order valence-electron chi connectivity index (χ0n) is 12.3. The molecule has 1 nitrogen and oxygen atoms in total. The molecule has 0 amide bonds. The zero-order chi connectivity index (χ0) is 15.6. The molecule has 0 saturated carbocycles. The summed E-state index contributed by atoms with van der Waals surface area (Å²) in [5.41, 5.74) is 4.16. The quantitative estimate of drug-likeness (QED) is 0.743. The van der Waals surface area contributed by atoms with Crippen LogP contribution in [0.2, 0.25) is 5.02 Å². The minimum Gasteiger partial charge on any atom is -0.306 e. The van der Waals surface area contributed by atoms with Gasteiger partial charge < -0.3 is 5.32 Å². The summed E-state index contributed by atoms with van der Waals surface area (Å²) in [6, 6.07) is 8.57. The summed E-state index contributed by atoms with van der Waals surface area (Å²) in [5.74, 6) is -0.275. The van der Waals surface area contributed by atoms with E-state index in [2.05, 4.69) is 47.2 Å². The van der Waals surface area contributed by atoms with Crippen molar-refractivity contribution in [1.29, 1.82) is 0 Å². The fraction of sp³-hybridized carbons (Fsp3) is 0.294. The molecular weight excluding hydrogens is 353 g/mol. The maximum Gasteiger partial charge on any atom is 0.123 e. The number of benzene rings is 2. The van der Waals surface area contributed by atoms with Gasteiger partial charge in [-0.15, -0.1) is 0 Å². The van der Waals surface area contributed by atoms with E-state index in [4.69, 9.17) is 11.6 Å². The first-order valence-electron chi connectivity index (χ1n) is 6.89. The van der Waals surface area contributed by atoms with Crippen molar-refractivity contribution in [3.05, 3.63) is 67.9 Å². The molecule has 4 heteroatoms. The van der Waals surface area contributed by atoms with Gasteiger partial charge in [0.15, 0.2) is 0 Å². The Bertz CT molecular complexity index is 634. The van der Waals surface area contributed by atoms with E-state index < -0.39 is 0 Å². The molecule has 112 valence electrons. The molecular formula is C17H18BrClFN. The van der Waals surface area contributed by atoms with Crippen molar-refractivity contribution in [3.8, 4) is 0 Å². The fourth-order valence-corrected chi connectivity index (χ4v) is 2.95. The van der Waals surface area contributed by atoms with Crippen LogP contribution in [0.4, 0.5) is 4.39 Å². The lowest BCUT2D eigenvalue weighted by atomic mass is 9.95. The van der Waals surface area contributed by atoms with E-state index in [1.165, 1.54) is 12.1 Å². The van der Waals surface area contributed by atoms with Gasteiger partial charge in [0.2, 0.25) is 0 Å². The minimum atomic E-state index is -0.275. The maximum atomic E-state index is 13.6. The van der Waals surface area contributed by atoms with Gasteiger partial charge in [-0.05, 0) is 60.8 Å². The molecule has 2 aromatic rings. The first-order chi connectivity index (χ1) is 9.93. The van der Waals surface area contributed by atoms with Crippen LogP contribution in [0.15, 0.2) is 34.8 Å². The van der Waals surface area contributed by atoms with Crippen molar-refractivity contribution < 1.29 is 4.39 Å². The summed E-state index contributed by atoms with van der Waals surface area (Å²) in [4.78, 5) is 0. The minimum absolute atomic E-state index is 0.122. The number of hydrogen-bond acceptors (Lipinski definition) is 1. The van der Waals surface area contributed by atoms with Gasteiger partial charge in [-0.25, -0.2) is 4.39 Å². The molecule has 0 aliphatic heterocycles. The zero-order valence-corrected chi connectivity index (χ0v) is 14.6. The van der Waals surface area contributed by atoms with Gasteiger partial charge in [-0.3, -0.25) is 0 Å². The number of halogens is 3. The summed E-state index contributed by atoms with van der Waals surface area (Å²) in [6.45, 7) is 6.90. The average molecular weight is 371 g/mol. The van der Waals surface area contributed by atoms with Gasteiger partial charge in [-0.2, -0.15) is 0 Å². The molecule has 0 fully saturated rings. The normalized spacial score (nSPS) is 12.5. The summed E-state index contributed by atoms with van der Waals surface area (Å²) < 4.78 is 14.7. The molecule has 21 heavy (non-hydrogen) atoms. The van der Waals surface area contributed by atoms with Gasteiger partial charge in [0.05, 0.1) is 6.04 Å². The Morgan fingerprint density at radius 1 is 1.19 bits per heavy atom. The number of rotatable bonds is 4. The first-order valence-corrected chi connectivity index (χ1v) is 8.06. The third kappa shape index (κ3) is 3.65. The van der Waals surface area contributed by atoms with Crippen LogP contribution in [0.1, 0.15) is 35.2 Å². The fourth-order valence-electron chi connectivity index (χ4n) is 2.49. The van der Waals surface area contributed by atoms with E-state index >= 15 is 0 Å². The Hall–Kier alpha value is -0.900. The van der Waals surface area contributed by atoms with Crippen LogP contribution >= 0.6 is 27.5 Å². The van der Waals surface area contributed by atoms with Crippen LogP contribution in [0, 0.1) is 19.7 Å². The van der Waals surface area contributed by atoms with E-state index in [1.807, 2.05) is 6.92 Å². The molecule has 1 unspecified atom stereocenters. The second-order valence-corrected chi connectivity index (χ2v) is 6.33. The van der Waals surface area contributed by atoms with Crippen LogP contribution in [-0.4, -0.2) is 6.54 Å². The second-order valence-electron chi connectivity index (χ2n) is 5.13. The Morgan fingerprint density at radius 2 is 1.81 bits per heavy atom. The molecule has 0 saturated heterocycles. The molecule has 0 aliphatic rings. The molecule has 1 N–H and O–H groups in total. The maximum absolute atomic E-state index is 13.6. The summed E-state index contributed by atoms with van der Waals surface area (Å²) in [6.07, 6.45) is 0. The molecule has 2 aromatic carbocycles. The lowest BCUT2D eigenvalue weighted by molar-refractivity contribution is 0.603. The highest BCUT2D eigenvalue weighted by atomic mass is 79.9. The van der Waals surface area contributed by atoms with Crippen molar-refractivity contribution in [2.24, 2.45) is 0 Å². The average Bonchev–Trinajstić information content (AvgIpc) is 2.44. The van der Waals surface area contributed by atoms with E-state index in [1.54, 1.807) is 6.07 Å². The van der Waals surface area contributed by atoms with Crippen molar-refractivity contribution in [2.45, 2.75) is 26.8 Å². The summed E-state index contributed by atoms with van der Waals surface area (Å²) in [7, 11) is 0. The Kier molecular flexibility index (Phi) is 5.42. The van der Waals surface area contributed by atoms with Gasteiger partial charge in [-0.1, -0.05) is 46.6 Å². The summed E-state index contributed by atoms with van der Waals surface area (Å²) in [5, 5.41) is 3.96.